The lowest BCUT2D eigenvalue weighted by atomic mass is 9.96. The maximum Gasteiger partial charge on any atom is 0.435 e. The number of nitrogens with one attached hydrogen (secondary N) is 1. The Bertz CT molecular complexity index is 1480. The maximum atomic E-state index is 13.3. The van der Waals surface area contributed by atoms with Gasteiger partial charge in [0.05, 0.1) is 17.5 Å². The van der Waals surface area contributed by atoms with Gasteiger partial charge in [-0.3, -0.25) is 0 Å². The number of fused-ring (bicyclic) bond motifs is 1. The number of benzene rings is 2. The number of aliphatic hydroxyl groups excluding tert-OH is 1. The third kappa shape index (κ3) is 5.41. The van der Waals surface area contributed by atoms with E-state index >= 15 is 0 Å². The summed E-state index contributed by atoms with van der Waals surface area (Å²) >= 11 is 0. The van der Waals surface area contributed by atoms with Crippen molar-refractivity contribution in [2.75, 3.05) is 5.32 Å². The summed E-state index contributed by atoms with van der Waals surface area (Å²) in [5.41, 5.74) is 4.77. The third-order valence-corrected chi connectivity index (χ3v) is 7.11. The van der Waals surface area contributed by atoms with Crippen LogP contribution in [0.15, 0.2) is 54.6 Å². The highest BCUT2D eigenvalue weighted by Crippen LogP contribution is 2.37. The van der Waals surface area contributed by atoms with E-state index in [0.29, 0.717) is 48.1 Å². The second-order valence-corrected chi connectivity index (χ2v) is 10.6. The monoisotopic (exact) mass is 535 g/mol. The molecule has 0 aliphatic heterocycles. The summed E-state index contributed by atoms with van der Waals surface area (Å²) in [6.07, 6.45) is -3.84. The molecular weight excluding hydrogens is 503 g/mol. The average Bonchev–Trinajstić information content (AvgIpc) is 3.52. The minimum atomic E-state index is -4.50. The molecule has 0 spiro atoms. The van der Waals surface area contributed by atoms with Gasteiger partial charge in [0.25, 0.3) is 0 Å². The van der Waals surface area contributed by atoms with Crippen molar-refractivity contribution in [3.05, 3.63) is 88.4 Å². The van der Waals surface area contributed by atoms with E-state index in [0.717, 1.165) is 28.3 Å². The normalized spacial score (nSPS) is 15.3. The molecule has 0 fully saturated rings. The highest BCUT2D eigenvalue weighted by atomic mass is 19.4. The van der Waals surface area contributed by atoms with E-state index in [1.54, 1.807) is 12.1 Å². The van der Waals surface area contributed by atoms with Crippen LogP contribution in [0.3, 0.4) is 0 Å². The molecule has 6 nitrogen and oxygen atoms in total. The van der Waals surface area contributed by atoms with Crippen LogP contribution in [0, 0.1) is 0 Å². The quantitative estimate of drug-likeness (QED) is 0.262. The molecule has 2 heterocycles. The second kappa shape index (κ2) is 10.4. The minimum absolute atomic E-state index is 0.125. The molecule has 1 aliphatic carbocycles. The molecule has 2 N–H and O–H groups in total. The van der Waals surface area contributed by atoms with Crippen LogP contribution in [0.4, 0.5) is 19.0 Å². The number of nitrogens with zero attached hydrogens (tertiary/aromatic N) is 4. The molecule has 39 heavy (non-hydrogen) atoms. The van der Waals surface area contributed by atoms with Crippen molar-refractivity contribution in [1.82, 2.24) is 19.7 Å². The van der Waals surface area contributed by atoms with Gasteiger partial charge in [-0.05, 0) is 54.0 Å². The predicted molar refractivity (Wildman–Crippen MR) is 145 cm³/mol. The topological polar surface area (TPSA) is 75.9 Å². The van der Waals surface area contributed by atoms with Gasteiger partial charge in [-0.2, -0.15) is 18.3 Å². The molecule has 1 aliphatic rings. The van der Waals surface area contributed by atoms with Gasteiger partial charge in [-0.25, -0.2) is 14.6 Å². The number of hydrogen-bond donors (Lipinski definition) is 2. The first-order valence-corrected chi connectivity index (χ1v) is 13.2. The van der Waals surface area contributed by atoms with Gasteiger partial charge in [0.1, 0.15) is 5.82 Å². The highest BCUT2D eigenvalue weighted by Gasteiger charge is 2.35. The van der Waals surface area contributed by atoms with Crippen molar-refractivity contribution in [3.63, 3.8) is 0 Å². The molecule has 5 rings (SSSR count). The summed E-state index contributed by atoms with van der Waals surface area (Å²) in [6.45, 7) is 8.39. The Balaban J connectivity index is 1.42. The molecular formula is C30H32F3N5O. The first kappa shape index (κ1) is 26.9. The van der Waals surface area contributed by atoms with Crippen molar-refractivity contribution < 1.29 is 18.3 Å². The van der Waals surface area contributed by atoms with Gasteiger partial charge in [0.15, 0.2) is 11.5 Å². The zero-order chi connectivity index (χ0) is 27.9. The molecule has 0 saturated carbocycles. The summed E-state index contributed by atoms with van der Waals surface area (Å²) < 4.78 is 41.2. The Hall–Kier alpha value is -3.72. The van der Waals surface area contributed by atoms with E-state index in [4.69, 9.17) is 9.97 Å². The fraction of sp³-hybridized carbons (Fsp3) is 0.367. The number of rotatable bonds is 7. The van der Waals surface area contributed by atoms with Crippen molar-refractivity contribution in [1.29, 1.82) is 0 Å². The van der Waals surface area contributed by atoms with Crippen molar-refractivity contribution >= 4 is 5.82 Å². The molecule has 204 valence electrons. The van der Waals surface area contributed by atoms with E-state index in [9.17, 15) is 18.3 Å². The Morgan fingerprint density at radius 2 is 1.72 bits per heavy atom. The number of halogens is 3. The molecule has 0 amide bonds. The van der Waals surface area contributed by atoms with Crippen LogP contribution in [0.5, 0.6) is 0 Å². The summed E-state index contributed by atoms with van der Waals surface area (Å²) in [4.78, 5) is 9.63. The summed E-state index contributed by atoms with van der Waals surface area (Å²) in [5, 5.41) is 17.9. The summed E-state index contributed by atoms with van der Waals surface area (Å²) in [7, 11) is 0. The van der Waals surface area contributed by atoms with Crippen LogP contribution >= 0.6 is 0 Å². The smallest absolute Gasteiger partial charge is 0.387 e. The molecule has 0 saturated heterocycles. The van der Waals surface area contributed by atoms with Gasteiger partial charge < -0.3 is 10.4 Å². The van der Waals surface area contributed by atoms with Crippen LogP contribution in [0.25, 0.3) is 17.1 Å². The first-order chi connectivity index (χ1) is 18.5. The van der Waals surface area contributed by atoms with Gasteiger partial charge in [-0.1, -0.05) is 64.1 Å². The molecule has 4 aromatic rings. The lowest BCUT2D eigenvalue weighted by Gasteiger charge is -2.16. The van der Waals surface area contributed by atoms with Crippen molar-refractivity contribution in [2.24, 2.45) is 0 Å². The SMILES string of the molecule is CC(C)c1ccccc1-c1nc(NCc2ccc(-n3nc(C(F)(F)F)cc3C(C)C)cc2)c2c(n1)C(O)CC2. The number of aromatic nitrogens is 4. The Kier molecular flexibility index (Phi) is 7.20. The molecule has 0 radical (unpaired) electrons. The van der Waals surface area contributed by atoms with Crippen molar-refractivity contribution in [3.8, 4) is 17.1 Å². The minimum Gasteiger partial charge on any atom is -0.387 e. The van der Waals surface area contributed by atoms with Gasteiger partial charge in [0.2, 0.25) is 0 Å². The largest absolute Gasteiger partial charge is 0.435 e. The second-order valence-electron chi connectivity index (χ2n) is 10.6. The first-order valence-electron chi connectivity index (χ1n) is 13.2. The van der Waals surface area contributed by atoms with Crippen molar-refractivity contribution in [2.45, 2.75) is 71.2 Å². The molecule has 0 bridgehead atoms. The third-order valence-electron chi connectivity index (χ3n) is 7.11. The van der Waals surface area contributed by atoms with Crippen LogP contribution in [-0.2, 0) is 19.1 Å². The van der Waals surface area contributed by atoms with Crippen LogP contribution in [-0.4, -0.2) is 24.9 Å². The molecule has 1 unspecified atom stereocenters. The number of anilines is 1. The number of aliphatic hydroxyl groups is 1. The Morgan fingerprint density at radius 3 is 2.38 bits per heavy atom. The lowest BCUT2D eigenvalue weighted by molar-refractivity contribution is -0.141. The number of alkyl halides is 3. The highest BCUT2D eigenvalue weighted by molar-refractivity contribution is 5.65. The maximum absolute atomic E-state index is 13.3. The van der Waals surface area contributed by atoms with E-state index < -0.39 is 18.0 Å². The van der Waals surface area contributed by atoms with E-state index in [1.807, 2.05) is 44.2 Å². The molecule has 9 heteroatoms. The Labute approximate surface area is 225 Å². The zero-order valence-electron chi connectivity index (χ0n) is 22.4. The fourth-order valence-electron chi connectivity index (χ4n) is 5.00. The predicted octanol–water partition coefficient (Wildman–Crippen LogP) is 7.19. The van der Waals surface area contributed by atoms with E-state index in [-0.39, 0.29) is 11.8 Å². The lowest BCUT2D eigenvalue weighted by Crippen LogP contribution is -2.10. The zero-order valence-corrected chi connectivity index (χ0v) is 22.4. The van der Waals surface area contributed by atoms with Gasteiger partial charge >= 0.3 is 6.18 Å². The fourth-order valence-corrected chi connectivity index (χ4v) is 5.00. The van der Waals surface area contributed by atoms with E-state index in [1.165, 1.54) is 4.68 Å². The molecule has 2 aromatic carbocycles. The standard InChI is InChI=1S/C30H32F3N5O/c1-17(2)21-7-5-6-8-22(21)29-35-27-23(13-14-25(27)39)28(36-29)34-16-19-9-11-20(12-10-19)38-24(18(3)4)15-26(37-38)30(31,32)33/h5-12,15,17-18,25,39H,13-14,16H2,1-4H3,(H,34,35,36). The van der Waals surface area contributed by atoms with Crippen LogP contribution < -0.4 is 5.32 Å². The van der Waals surface area contributed by atoms with Crippen LogP contribution in [0.2, 0.25) is 0 Å². The molecule has 2 aromatic heterocycles. The average molecular weight is 536 g/mol. The summed E-state index contributed by atoms with van der Waals surface area (Å²) in [6, 6.07) is 16.4. The van der Waals surface area contributed by atoms with E-state index in [2.05, 4.69) is 30.3 Å². The van der Waals surface area contributed by atoms with Gasteiger partial charge in [0, 0.05) is 23.4 Å². The van der Waals surface area contributed by atoms with Crippen LogP contribution in [0.1, 0.15) is 85.8 Å². The van der Waals surface area contributed by atoms with Gasteiger partial charge in [-0.15, -0.1) is 0 Å². The summed E-state index contributed by atoms with van der Waals surface area (Å²) in [5.74, 6) is 1.44. The molecule has 1 atom stereocenters. The number of hydrogen-bond acceptors (Lipinski definition) is 5. The Morgan fingerprint density at radius 1 is 1.00 bits per heavy atom.